The summed E-state index contributed by atoms with van der Waals surface area (Å²) in [4.78, 5) is 53.7. The summed E-state index contributed by atoms with van der Waals surface area (Å²) in [6.45, 7) is 11.5. The average Bonchev–Trinajstić information content (AvgIpc) is 2.83. The fraction of sp³-hybridized carbons (Fsp3) is 0.667. The molecule has 0 heterocycles. The first kappa shape index (κ1) is 33.9. The van der Waals surface area contributed by atoms with E-state index in [9.17, 15) is 19.2 Å². The highest BCUT2D eigenvalue weighted by Gasteiger charge is 2.37. The lowest BCUT2D eigenvalue weighted by molar-refractivity contribution is -0.143. The second kappa shape index (κ2) is 17.5. The van der Waals surface area contributed by atoms with Crippen molar-refractivity contribution in [2.24, 2.45) is 5.73 Å². The number of amides is 4. The van der Waals surface area contributed by atoms with E-state index in [0.717, 1.165) is 44.9 Å². The highest BCUT2D eigenvalue weighted by Crippen LogP contribution is 2.24. The molecule has 4 N–H and O–H groups in total. The number of nitrogens with one attached hydrogen (secondary N) is 2. The zero-order valence-electron chi connectivity index (χ0n) is 24.8. The molecule has 0 bridgehead atoms. The van der Waals surface area contributed by atoms with Gasteiger partial charge in [0, 0.05) is 12.6 Å². The number of nitrogens with zero attached hydrogens (tertiary/aromatic N) is 1. The van der Waals surface area contributed by atoms with Crippen molar-refractivity contribution in [2.45, 2.75) is 123 Å². The van der Waals surface area contributed by atoms with Crippen molar-refractivity contribution in [3.05, 3.63) is 35.9 Å². The molecule has 0 saturated heterocycles. The van der Waals surface area contributed by atoms with E-state index in [1.54, 1.807) is 32.9 Å². The Hall–Kier alpha value is -3.10. The third-order valence-electron chi connectivity index (χ3n) is 6.22. The van der Waals surface area contributed by atoms with Gasteiger partial charge in [0.15, 0.2) is 0 Å². The van der Waals surface area contributed by atoms with E-state index in [0.29, 0.717) is 12.0 Å². The van der Waals surface area contributed by atoms with Crippen molar-refractivity contribution in [1.82, 2.24) is 15.5 Å². The molecule has 9 nitrogen and oxygen atoms in total. The first-order valence-corrected chi connectivity index (χ1v) is 14.3. The van der Waals surface area contributed by atoms with Gasteiger partial charge in [-0.05, 0) is 46.1 Å². The van der Waals surface area contributed by atoms with Crippen molar-refractivity contribution in [2.75, 3.05) is 6.54 Å². The number of ether oxygens (including phenoxy) is 1. The van der Waals surface area contributed by atoms with Crippen LogP contribution in [0.2, 0.25) is 0 Å². The smallest absolute Gasteiger partial charge is 0.408 e. The number of hydrogen-bond acceptors (Lipinski definition) is 5. The molecule has 1 aromatic carbocycles. The number of rotatable bonds is 17. The topological polar surface area (TPSA) is 131 Å². The molecule has 220 valence electrons. The summed E-state index contributed by atoms with van der Waals surface area (Å²) < 4.78 is 5.34. The number of nitrogens with two attached hydrogens (primary N) is 1. The standard InChI is InChI=1S/C30H50N4O5/c1-7-9-10-11-12-16-20-34(28(37)24(21-25(31)35)33-29(38)39-30(4,5)6)26(23-18-14-13-15-19-23)27(36)32-22(3)17-8-2/h13-15,18-19,22,24,26H,7-12,16-17,20-21H2,1-6H3,(H2,31,35)(H,32,36)(H,33,38). The van der Waals surface area contributed by atoms with E-state index in [-0.39, 0.29) is 18.5 Å². The quantitative estimate of drug-likeness (QED) is 0.237. The lowest BCUT2D eigenvalue weighted by Crippen LogP contribution is -2.54. The summed E-state index contributed by atoms with van der Waals surface area (Å²) >= 11 is 0. The average molecular weight is 547 g/mol. The van der Waals surface area contributed by atoms with E-state index in [2.05, 4.69) is 17.6 Å². The lowest BCUT2D eigenvalue weighted by atomic mass is 10.0. The second-order valence-corrected chi connectivity index (χ2v) is 11.2. The Balaban J connectivity index is 3.40. The molecule has 0 saturated carbocycles. The molecule has 0 aliphatic heterocycles. The van der Waals surface area contributed by atoms with Gasteiger partial charge in [-0.2, -0.15) is 0 Å². The van der Waals surface area contributed by atoms with Gasteiger partial charge in [0.25, 0.3) is 0 Å². The Labute approximate surface area is 234 Å². The van der Waals surface area contributed by atoms with Crippen molar-refractivity contribution < 1.29 is 23.9 Å². The molecular formula is C30H50N4O5. The maximum absolute atomic E-state index is 14.0. The van der Waals surface area contributed by atoms with Gasteiger partial charge < -0.3 is 26.0 Å². The molecule has 3 unspecified atom stereocenters. The summed E-state index contributed by atoms with van der Waals surface area (Å²) in [5.74, 6) is -1.61. The van der Waals surface area contributed by atoms with Crippen LogP contribution in [0.25, 0.3) is 0 Å². The molecule has 1 rings (SSSR count). The van der Waals surface area contributed by atoms with Gasteiger partial charge in [0.05, 0.1) is 6.42 Å². The fourth-order valence-electron chi connectivity index (χ4n) is 4.42. The molecule has 0 aliphatic carbocycles. The van der Waals surface area contributed by atoms with Gasteiger partial charge in [0.1, 0.15) is 17.7 Å². The van der Waals surface area contributed by atoms with Crippen molar-refractivity contribution in [1.29, 1.82) is 0 Å². The summed E-state index contributed by atoms with van der Waals surface area (Å²) in [7, 11) is 0. The molecule has 9 heteroatoms. The Morgan fingerprint density at radius 1 is 0.923 bits per heavy atom. The Kier molecular flexibility index (Phi) is 15.2. The molecule has 39 heavy (non-hydrogen) atoms. The highest BCUT2D eigenvalue weighted by atomic mass is 16.6. The van der Waals surface area contributed by atoms with Crippen LogP contribution in [0.3, 0.4) is 0 Å². The third-order valence-corrected chi connectivity index (χ3v) is 6.22. The van der Waals surface area contributed by atoms with E-state index < -0.39 is 42.0 Å². The predicted molar refractivity (Wildman–Crippen MR) is 154 cm³/mol. The first-order chi connectivity index (χ1) is 18.4. The summed E-state index contributed by atoms with van der Waals surface area (Å²) in [6, 6.07) is 6.80. The molecular weight excluding hydrogens is 496 g/mol. The minimum atomic E-state index is -1.27. The van der Waals surface area contributed by atoms with Gasteiger partial charge in [-0.3, -0.25) is 14.4 Å². The van der Waals surface area contributed by atoms with Crippen LogP contribution >= 0.6 is 0 Å². The van der Waals surface area contributed by atoms with Gasteiger partial charge in [-0.15, -0.1) is 0 Å². The summed E-state index contributed by atoms with van der Waals surface area (Å²) in [5, 5.41) is 5.57. The van der Waals surface area contributed by atoms with E-state index >= 15 is 0 Å². The lowest BCUT2D eigenvalue weighted by Gasteiger charge is -2.35. The number of carbonyl (C=O) groups excluding carboxylic acids is 4. The number of benzene rings is 1. The minimum Gasteiger partial charge on any atom is -0.444 e. The SMILES string of the molecule is CCCCCCCCN(C(=O)C(CC(N)=O)NC(=O)OC(C)(C)C)C(C(=O)NC(C)CCC)c1ccccc1. The van der Waals surface area contributed by atoms with Crippen LogP contribution in [0.4, 0.5) is 4.79 Å². The van der Waals surface area contributed by atoms with Crippen LogP contribution in [-0.4, -0.2) is 52.9 Å². The molecule has 4 amide bonds. The molecule has 3 atom stereocenters. The maximum atomic E-state index is 14.0. The molecule has 0 aliphatic rings. The van der Waals surface area contributed by atoms with Gasteiger partial charge in [-0.1, -0.05) is 82.7 Å². The molecule has 0 fully saturated rings. The number of carbonyl (C=O) groups is 4. The number of hydrogen-bond donors (Lipinski definition) is 3. The van der Waals surface area contributed by atoms with Crippen molar-refractivity contribution in [3.63, 3.8) is 0 Å². The molecule has 1 aromatic rings. The first-order valence-electron chi connectivity index (χ1n) is 14.3. The van der Waals surface area contributed by atoms with Crippen LogP contribution in [-0.2, 0) is 19.1 Å². The number of unbranched alkanes of at least 4 members (excludes halogenated alkanes) is 5. The normalized spacial score (nSPS) is 13.6. The highest BCUT2D eigenvalue weighted by molar-refractivity contribution is 5.94. The molecule has 0 radical (unpaired) electrons. The van der Waals surface area contributed by atoms with Crippen molar-refractivity contribution in [3.8, 4) is 0 Å². The second-order valence-electron chi connectivity index (χ2n) is 11.2. The van der Waals surface area contributed by atoms with Crippen LogP contribution in [0.15, 0.2) is 30.3 Å². The molecule has 0 spiro atoms. The van der Waals surface area contributed by atoms with Crippen molar-refractivity contribution >= 4 is 23.8 Å². The van der Waals surface area contributed by atoms with Gasteiger partial charge in [0.2, 0.25) is 17.7 Å². The zero-order chi connectivity index (χ0) is 29.4. The van der Waals surface area contributed by atoms with Gasteiger partial charge in [-0.25, -0.2) is 4.79 Å². The van der Waals surface area contributed by atoms with E-state index in [1.165, 1.54) is 4.90 Å². The Morgan fingerprint density at radius 2 is 1.54 bits per heavy atom. The maximum Gasteiger partial charge on any atom is 0.408 e. The minimum absolute atomic E-state index is 0.0824. The number of alkyl carbamates (subject to hydrolysis) is 1. The van der Waals surface area contributed by atoms with E-state index in [1.807, 2.05) is 32.0 Å². The summed E-state index contributed by atoms with van der Waals surface area (Å²) in [5.41, 5.74) is 5.31. The summed E-state index contributed by atoms with van der Waals surface area (Å²) in [6.07, 6.45) is 6.40. The molecule has 0 aromatic heterocycles. The van der Waals surface area contributed by atoms with Gasteiger partial charge >= 0.3 is 6.09 Å². The van der Waals surface area contributed by atoms with Crippen LogP contribution in [0.5, 0.6) is 0 Å². The van der Waals surface area contributed by atoms with Crippen LogP contribution in [0.1, 0.15) is 111 Å². The Morgan fingerprint density at radius 3 is 2.10 bits per heavy atom. The Bertz CT molecular complexity index is 900. The zero-order valence-corrected chi connectivity index (χ0v) is 24.8. The monoisotopic (exact) mass is 546 g/mol. The predicted octanol–water partition coefficient (Wildman–Crippen LogP) is 4.99. The number of primary amides is 1. The largest absolute Gasteiger partial charge is 0.444 e. The van der Waals surface area contributed by atoms with E-state index in [4.69, 9.17) is 10.5 Å². The third kappa shape index (κ3) is 13.5. The van der Waals surface area contributed by atoms with Crippen LogP contribution < -0.4 is 16.4 Å². The van der Waals surface area contributed by atoms with Crippen LogP contribution in [0, 0.1) is 0 Å². The fourth-order valence-corrected chi connectivity index (χ4v) is 4.42.